The second-order valence-corrected chi connectivity index (χ2v) is 8.44. The Morgan fingerprint density at radius 3 is 2.70 bits per heavy atom. The van der Waals surface area contributed by atoms with Crippen LogP contribution in [0.1, 0.15) is 39.5 Å². The van der Waals surface area contributed by atoms with Gasteiger partial charge in [-0.05, 0) is 31.0 Å². The van der Waals surface area contributed by atoms with Crippen molar-refractivity contribution in [2.75, 3.05) is 43.5 Å². The van der Waals surface area contributed by atoms with Crippen molar-refractivity contribution in [2.24, 2.45) is 0 Å². The molecule has 8 heteroatoms. The number of aromatic nitrogens is 2. The van der Waals surface area contributed by atoms with Crippen molar-refractivity contribution >= 4 is 34.3 Å². The molecule has 0 radical (unpaired) electrons. The lowest BCUT2D eigenvalue weighted by Crippen LogP contribution is -2.36. The fraction of sp³-hybridized carbons (Fsp3) is 0.591. The predicted molar refractivity (Wildman–Crippen MR) is 123 cm³/mol. The first-order chi connectivity index (χ1) is 14.6. The third-order valence-corrected chi connectivity index (χ3v) is 6.18. The molecule has 0 atom stereocenters. The van der Waals surface area contributed by atoms with Crippen molar-refractivity contribution in [1.82, 2.24) is 14.9 Å². The minimum Gasteiger partial charge on any atom is -0.378 e. The maximum absolute atomic E-state index is 13.3. The average molecular weight is 433 g/mol. The Kier molecular flexibility index (Phi) is 8.57. The van der Waals surface area contributed by atoms with Gasteiger partial charge in [-0.2, -0.15) is 0 Å². The highest BCUT2D eigenvalue weighted by Crippen LogP contribution is 2.23. The van der Waals surface area contributed by atoms with Crippen molar-refractivity contribution in [3.05, 3.63) is 28.6 Å². The number of anilines is 1. The Labute approximate surface area is 182 Å². The fourth-order valence-electron chi connectivity index (χ4n) is 3.42. The summed E-state index contributed by atoms with van der Waals surface area (Å²) in [5, 5.41) is 4.17. The lowest BCUT2D eigenvalue weighted by Gasteiger charge is -2.29. The zero-order valence-corrected chi connectivity index (χ0v) is 18.8. The van der Waals surface area contributed by atoms with Gasteiger partial charge < -0.3 is 15.0 Å². The minimum atomic E-state index is -0.0301. The van der Waals surface area contributed by atoms with Crippen LogP contribution in [-0.4, -0.2) is 54.1 Å². The van der Waals surface area contributed by atoms with E-state index in [1.807, 2.05) is 18.2 Å². The molecule has 7 nitrogen and oxygen atoms in total. The molecule has 1 fully saturated rings. The standard InChI is InChI=1S/C22H32N4O3S/c1-3-5-9-23-20(27)16-30-22-24-19-8-7-17(25-11-13-29-14-12-25)15-18(19)21(28)26(22)10-6-4-2/h7-8,15H,3-6,9-14,16H2,1-2H3,(H,23,27). The van der Waals surface area contributed by atoms with Crippen LogP contribution < -0.4 is 15.8 Å². The Morgan fingerprint density at radius 2 is 1.97 bits per heavy atom. The molecule has 2 aromatic rings. The molecule has 1 amide bonds. The summed E-state index contributed by atoms with van der Waals surface area (Å²) in [7, 11) is 0. The number of rotatable bonds is 10. The second kappa shape index (κ2) is 11.4. The van der Waals surface area contributed by atoms with Gasteiger partial charge in [0.1, 0.15) is 0 Å². The van der Waals surface area contributed by atoms with E-state index in [4.69, 9.17) is 9.72 Å². The lowest BCUT2D eigenvalue weighted by molar-refractivity contribution is -0.118. The summed E-state index contributed by atoms with van der Waals surface area (Å²) < 4.78 is 7.17. The molecule has 1 N–H and O–H groups in total. The maximum Gasteiger partial charge on any atom is 0.262 e. The summed E-state index contributed by atoms with van der Waals surface area (Å²) in [6.07, 6.45) is 3.90. The summed E-state index contributed by atoms with van der Waals surface area (Å²) >= 11 is 1.34. The highest BCUT2D eigenvalue weighted by Gasteiger charge is 2.16. The van der Waals surface area contributed by atoms with E-state index in [2.05, 4.69) is 24.1 Å². The molecular formula is C22H32N4O3S. The van der Waals surface area contributed by atoms with E-state index in [1.165, 1.54) is 11.8 Å². The van der Waals surface area contributed by atoms with Gasteiger partial charge in [-0.1, -0.05) is 38.5 Å². The van der Waals surface area contributed by atoms with Crippen LogP contribution in [0, 0.1) is 0 Å². The molecule has 1 aliphatic heterocycles. The minimum absolute atomic E-state index is 0.0208. The van der Waals surface area contributed by atoms with E-state index in [9.17, 15) is 9.59 Å². The molecule has 0 spiro atoms. The van der Waals surface area contributed by atoms with Gasteiger partial charge in [-0.15, -0.1) is 0 Å². The number of benzene rings is 1. The van der Waals surface area contributed by atoms with Crippen molar-refractivity contribution in [1.29, 1.82) is 0 Å². The summed E-state index contributed by atoms with van der Waals surface area (Å²) in [6.45, 7) is 8.54. The van der Waals surface area contributed by atoms with E-state index < -0.39 is 0 Å². The molecule has 3 rings (SSSR count). The smallest absolute Gasteiger partial charge is 0.262 e. The SMILES string of the molecule is CCCCNC(=O)CSc1nc2ccc(N3CCOCC3)cc2c(=O)n1CCCC. The summed E-state index contributed by atoms with van der Waals surface area (Å²) in [4.78, 5) is 32.4. The lowest BCUT2D eigenvalue weighted by atomic mass is 10.2. The number of nitrogens with one attached hydrogen (secondary N) is 1. The van der Waals surface area contributed by atoms with Gasteiger partial charge >= 0.3 is 0 Å². The number of carbonyl (C=O) groups excluding carboxylic acids is 1. The number of hydrogen-bond donors (Lipinski definition) is 1. The van der Waals surface area contributed by atoms with Gasteiger partial charge in [-0.25, -0.2) is 4.98 Å². The van der Waals surface area contributed by atoms with E-state index >= 15 is 0 Å². The molecule has 0 bridgehead atoms. The molecule has 0 aliphatic carbocycles. The first-order valence-corrected chi connectivity index (χ1v) is 11.9. The number of unbranched alkanes of at least 4 members (excludes halogenated alkanes) is 2. The predicted octanol–water partition coefficient (Wildman–Crippen LogP) is 3.04. The molecule has 2 heterocycles. The van der Waals surface area contributed by atoms with Crippen LogP contribution in [0.3, 0.4) is 0 Å². The number of morpholine rings is 1. The number of amides is 1. The molecule has 30 heavy (non-hydrogen) atoms. The molecule has 0 saturated carbocycles. The molecular weight excluding hydrogens is 400 g/mol. The third-order valence-electron chi connectivity index (χ3n) is 5.20. The fourth-order valence-corrected chi connectivity index (χ4v) is 4.27. The van der Waals surface area contributed by atoms with Gasteiger partial charge in [-0.3, -0.25) is 14.2 Å². The second-order valence-electron chi connectivity index (χ2n) is 7.50. The van der Waals surface area contributed by atoms with Crippen LogP contribution in [0.4, 0.5) is 5.69 Å². The van der Waals surface area contributed by atoms with Crippen LogP contribution >= 0.6 is 11.8 Å². The topological polar surface area (TPSA) is 76.5 Å². The summed E-state index contributed by atoms with van der Waals surface area (Å²) in [5.74, 6) is 0.243. The summed E-state index contributed by atoms with van der Waals surface area (Å²) in [6, 6.07) is 5.88. The highest BCUT2D eigenvalue weighted by molar-refractivity contribution is 7.99. The van der Waals surface area contributed by atoms with Crippen molar-refractivity contribution in [3.63, 3.8) is 0 Å². The molecule has 1 aromatic carbocycles. The average Bonchev–Trinajstić information content (AvgIpc) is 2.78. The van der Waals surface area contributed by atoms with Crippen LogP contribution in [0.15, 0.2) is 28.2 Å². The number of fused-ring (bicyclic) bond motifs is 1. The quantitative estimate of drug-likeness (QED) is 0.353. The maximum atomic E-state index is 13.3. The van der Waals surface area contributed by atoms with Crippen molar-refractivity contribution in [2.45, 2.75) is 51.2 Å². The van der Waals surface area contributed by atoms with Crippen LogP contribution in [0.5, 0.6) is 0 Å². The number of thioether (sulfide) groups is 1. The first kappa shape index (κ1) is 22.6. The van der Waals surface area contributed by atoms with Crippen LogP contribution in [0.25, 0.3) is 10.9 Å². The Morgan fingerprint density at radius 1 is 1.20 bits per heavy atom. The first-order valence-electron chi connectivity index (χ1n) is 10.9. The van der Waals surface area contributed by atoms with Crippen molar-refractivity contribution < 1.29 is 9.53 Å². The van der Waals surface area contributed by atoms with E-state index in [0.29, 0.717) is 42.4 Å². The Hall–Kier alpha value is -2.06. The molecule has 1 saturated heterocycles. The van der Waals surface area contributed by atoms with Crippen LogP contribution in [0.2, 0.25) is 0 Å². The normalized spacial score (nSPS) is 14.3. The van der Waals surface area contributed by atoms with Crippen molar-refractivity contribution in [3.8, 4) is 0 Å². The van der Waals surface area contributed by atoms with E-state index in [-0.39, 0.29) is 17.2 Å². The zero-order chi connectivity index (χ0) is 21.3. The number of nitrogens with zero attached hydrogens (tertiary/aromatic N) is 3. The molecule has 1 aliphatic rings. The molecule has 164 valence electrons. The monoisotopic (exact) mass is 432 g/mol. The van der Waals surface area contributed by atoms with Gasteiger partial charge in [0.05, 0.1) is 29.9 Å². The highest BCUT2D eigenvalue weighted by atomic mass is 32.2. The summed E-state index contributed by atoms with van der Waals surface area (Å²) in [5.41, 5.74) is 1.68. The number of hydrogen-bond acceptors (Lipinski definition) is 6. The zero-order valence-electron chi connectivity index (χ0n) is 18.0. The van der Waals surface area contributed by atoms with Gasteiger partial charge in [0.15, 0.2) is 5.16 Å². The Bertz CT molecular complexity index is 909. The van der Waals surface area contributed by atoms with Crippen LogP contribution in [-0.2, 0) is 16.1 Å². The Balaban J connectivity index is 1.86. The molecule has 1 aromatic heterocycles. The molecule has 0 unspecified atom stereocenters. The van der Waals surface area contributed by atoms with Gasteiger partial charge in [0.25, 0.3) is 5.56 Å². The van der Waals surface area contributed by atoms with E-state index in [1.54, 1.807) is 4.57 Å². The third kappa shape index (κ3) is 5.76. The van der Waals surface area contributed by atoms with Gasteiger partial charge in [0, 0.05) is 31.9 Å². The van der Waals surface area contributed by atoms with Gasteiger partial charge in [0.2, 0.25) is 5.91 Å². The largest absolute Gasteiger partial charge is 0.378 e. The number of carbonyl (C=O) groups is 1. The van der Waals surface area contributed by atoms with E-state index in [0.717, 1.165) is 44.5 Å². The number of ether oxygens (including phenoxy) is 1.